The smallest absolute Gasteiger partial charge is 0.0649 e. The van der Waals surface area contributed by atoms with Crippen molar-refractivity contribution in [3.63, 3.8) is 0 Å². The molecule has 1 unspecified atom stereocenters. The molecule has 2 nitrogen and oxygen atoms in total. The number of allylic oxidation sites excluding steroid dienone is 15. The van der Waals surface area contributed by atoms with E-state index in [9.17, 15) is 0 Å². The Balaban J connectivity index is 1.28. The number of fused-ring (bicyclic) bond motifs is 6. The molecule has 6 aromatic carbocycles. The average Bonchev–Trinajstić information content (AvgIpc) is 3.74. The van der Waals surface area contributed by atoms with Gasteiger partial charge in [0.15, 0.2) is 0 Å². The van der Waals surface area contributed by atoms with Crippen LogP contribution in [0.15, 0.2) is 236 Å². The zero-order valence-electron chi connectivity index (χ0n) is 38.0. The lowest BCUT2D eigenvalue weighted by Crippen LogP contribution is -2.42. The normalized spacial score (nSPS) is 19.3. The summed E-state index contributed by atoms with van der Waals surface area (Å²) in [6.07, 6.45) is 29.1. The van der Waals surface area contributed by atoms with E-state index < -0.39 is 5.41 Å². The van der Waals surface area contributed by atoms with Gasteiger partial charge in [0.1, 0.15) is 0 Å². The lowest BCUT2D eigenvalue weighted by Gasteiger charge is -2.43. The number of benzene rings is 6. The van der Waals surface area contributed by atoms with Crippen LogP contribution in [0, 0.1) is 0 Å². The summed E-state index contributed by atoms with van der Waals surface area (Å²) in [7, 11) is 0. The number of anilines is 3. The van der Waals surface area contributed by atoms with Gasteiger partial charge in [0.25, 0.3) is 0 Å². The first-order valence-electron chi connectivity index (χ1n) is 22.9. The topological polar surface area (TPSA) is 6.48 Å². The molecule has 6 aromatic rings. The molecule has 2 heteroatoms. The fourth-order valence-corrected chi connectivity index (χ4v) is 10.8. The van der Waals surface area contributed by atoms with Crippen molar-refractivity contribution in [2.75, 3.05) is 9.80 Å². The largest absolute Gasteiger partial charge is 0.331 e. The van der Waals surface area contributed by atoms with Crippen LogP contribution in [-0.4, -0.2) is 5.54 Å². The maximum Gasteiger partial charge on any atom is 0.0649 e. The Labute approximate surface area is 381 Å². The van der Waals surface area contributed by atoms with Crippen molar-refractivity contribution in [2.24, 2.45) is 0 Å². The van der Waals surface area contributed by atoms with E-state index in [2.05, 4.69) is 233 Å². The quantitative estimate of drug-likeness (QED) is 0.107. The van der Waals surface area contributed by atoms with Gasteiger partial charge in [-0.15, -0.1) is 0 Å². The summed E-state index contributed by atoms with van der Waals surface area (Å²) < 4.78 is 0. The Kier molecular flexibility index (Phi) is 11.6. The van der Waals surface area contributed by atoms with Gasteiger partial charge in [0, 0.05) is 33.5 Å². The van der Waals surface area contributed by atoms with E-state index in [-0.39, 0.29) is 5.54 Å². The zero-order chi connectivity index (χ0) is 44.4. The highest BCUT2D eigenvalue weighted by atomic mass is 15.2. The van der Waals surface area contributed by atoms with Crippen LogP contribution in [-0.2, 0) is 5.41 Å². The minimum atomic E-state index is -0.459. The predicted octanol–water partition coefficient (Wildman–Crippen LogP) is 16.8. The highest BCUT2D eigenvalue weighted by Gasteiger charge is 2.51. The predicted molar refractivity (Wildman–Crippen MR) is 278 cm³/mol. The molecule has 0 saturated heterocycles. The van der Waals surface area contributed by atoms with Crippen LogP contribution in [0.25, 0.3) is 32.7 Å². The summed E-state index contributed by atoms with van der Waals surface area (Å²) in [5.41, 5.74) is 15.3. The zero-order valence-corrected chi connectivity index (χ0v) is 38.0. The average molecular weight is 831 g/mol. The van der Waals surface area contributed by atoms with Gasteiger partial charge in [0.05, 0.1) is 16.6 Å². The molecular weight excluding hydrogens is 773 g/mol. The maximum absolute atomic E-state index is 4.78. The van der Waals surface area contributed by atoms with Gasteiger partial charge >= 0.3 is 0 Å². The van der Waals surface area contributed by atoms with Crippen LogP contribution in [0.3, 0.4) is 0 Å². The van der Waals surface area contributed by atoms with Crippen LogP contribution in [0.1, 0.15) is 76.1 Å². The summed E-state index contributed by atoms with van der Waals surface area (Å²) in [5.74, 6) is 0. The molecule has 0 fully saturated rings. The summed E-state index contributed by atoms with van der Waals surface area (Å²) in [6, 6.07) is 47.1. The molecule has 316 valence electrons. The van der Waals surface area contributed by atoms with Crippen molar-refractivity contribution in [3.8, 4) is 0 Å². The van der Waals surface area contributed by atoms with Crippen molar-refractivity contribution in [1.29, 1.82) is 0 Å². The molecule has 9 rings (SSSR count). The Morgan fingerprint density at radius 3 is 2.09 bits per heavy atom. The van der Waals surface area contributed by atoms with Gasteiger partial charge < -0.3 is 9.80 Å². The lowest BCUT2D eigenvalue weighted by atomic mass is 9.68. The molecule has 0 aromatic heterocycles. The summed E-state index contributed by atoms with van der Waals surface area (Å²) in [4.78, 5) is 4.88. The third-order valence-electron chi connectivity index (χ3n) is 13.6. The second-order valence-corrected chi connectivity index (χ2v) is 17.4. The molecule has 64 heavy (non-hydrogen) atoms. The first-order chi connectivity index (χ1) is 31.3. The highest BCUT2D eigenvalue weighted by Crippen LogP contribution is 2.62. The summed E-state index contributed by atoms with van der Waals surface area (Å²) >= 11 is 0. The minimum absolute atomic E-state index is 0.300. The standard InChI is InChI=1S/C62H58N2/c1-8-11-14-25-44(4)63(59-35-23-28-47-26-15-17-31-51(47)59)45(5)37-39-50-46(6)62(56(10-3)53(30-12-9-2)54-33-19-20-34-57(54)62)58-43-49(38-40-55(50)58)64(61(7)41-21-13-22-42-61)60-36-24-29-48-27-16-18-32-52(48)60/h8,11-41,43H,1,5,9-10,42H2,2-4,6-7H3/b14-11-,30-12-,39-37-,44-25+/t61-,62?/m0/s1. The van der Waals surface area contributed by atoms with Crippen molar-refractivity contribution >= 4 is 49.8 Å². The van der Waals surface area contributed by atoms with Crippen LogP contribution >= 0.6 is 0 Å². The molecule has 0 aliphatic heterocycles. The molecule has 0 saturated carbocycles. The van der Waals surface area contributed by atoms with E-state index in [1.807, 2.05) is 18.2 Å². The molecule has 3 aliphatic carbocycles. The minimum Gasteiger partial charge on any atom is -0.331 e. The molecule has 2 atom stereocenters. The third-order valence-corrected chi connectivity index (χ3v) is 13.6. The van der Waals surface area contributed by atoms with Gasteiger partial charge in [-0.1, -0.05) is 191 Å². The van der Waals surface area contributed by atoms with Gasteiger partial charge in [-0.05, 0) is 132 Å². The Morgan fingerprint density at radius 2 is 1.39 bits per heavy atom. The van der Waals surface area contributed by atoms with Gasteiger partial charge in [-0.25, -0.2) is 0 Å². The van der Waals surface area contributed by atoms with Crippen molar-refractivity contribution < 1.29 is 0 Å². The fraction of sp³-hybridized carbons (Fsp3) is 0.161. The van der Waals surface area contributed by atoms with E-state index >= 15 is 0 Å². The van der Waals surface area contributed by atoms with Gasteiger partial charge in [-0.3, -0.25) is 0 Å². The van der Waals surface area contributed by atoms with Crippen molar-refractivity contribution in [2.45, 2.75) is 64.8 Å². The Morgan fingerprint density at radius 1 is 0.719 bits per heavy atom. The Hall–Kier alpha value is -7.16. The first kappa shape index (κ1) is 42.2. The number of rotatable bonds is 13. The molecular formula is C62H58N2. The lowest BCUT2D eigenvalue weighted by molar-refractivity contribution is 0.570. The van der Waals surface area contributed by atoms with Gasteiger partial charge in [-0.2, -0.15) is 0 Å². The van der Waals surface area contributed by atoms with Gasteiger partial charge in [0.2, 0.25) is 0 Å². The highest BCUT2D eigenvalue weighted by molar-refractivity contribution is 6.01. The van der Waals surface area contributed by atoms with Crippen LogP contribution in [0.4, 0.5) is 17.1 Å². The van der Waals surface area contributed by atoms with E-state index in [1.54, 1.807) is 0 Å². The molecule has 3 aliphatic rings. The van der Waals surface area contributed by atoms with E-state index in [0.717, 1.165) is 36.3 Å². The monoisotopic (exact) mass is 830 g/mol. The number of hydrogen-bond donors (Lipinski definition) is 0. The summed E-state index contributed by atoms with van der Waals surface area (Å²) in [6.45, 7) is 20.2. The molecule has 0 radical (unpaired) electrons. The SMILES string of the molecule is C=C/C=C\C=C(/C)N(C(=C)/C=C\C1=C(C)C2(C(CC)=C(/C=C\CC)c3ccccc32)c2cc(N(c3cccc4ccccc34)[C@@]3(C)C=CC=CC3)ccc21)c1cccc2ccccc12. The fourth-order valence-electron chi connectivity index (χ4n) is 10.8. The maximum atomic E-state index is 4.78. The number of nitrogens with zero attached hydrogens (tertiary/aromatic N) is 2. The van der Waals surface area contributed by atoms with Crippen LogP contribution in [0.5, 0.6) is 0 Å². The molecule has 1 spiro atoms. The second kappa shape index (κ2) is 17.5. The Bertz CT molecular complexity index is 3070. The molecule has 0 bridgehead atoms. The molecule has 0 heterocycles. The first-order valence-corrected chi connectivity index (χ1v) is 22.9. The van der Waals surface area contributed by atoms with E-state index in [4.69, 9.17) is 6.58 Å². The van der Waals surface area contributed by atoms with E-state index in [1.165, 1.54) is 77.5 Å². The van der Waals surface area contributed by atoms with Crippen molar-refractivity contribution in [3.05, 3.63) is 258 Å². The van der Waals surface area contributed by atoms with E-state index in [0.29, 0.717) is 0 Å². The van der Waals surface area contributed by atoms with Crippen LogP contribution < -0.4 is 9.80 Å². The van der Waals surface area contributed by atoms with Crippen molar-refractivity contribution in [1.82, 2.24) is 0 Å². The summed E-state index contributed by atoms with van der Waals surface area (Å²) in [5, 5.41) is 4.84. The van der Waals surface area contributed by atoms with Crippen LogP contribution in [0.2, 0.25) is 0 Å². The second-order valence-electron chi connectivity index (χ2n) is 17.4. The molecule has 0 N–H and O–H groups in total. The third kappa shape index (κ3) is 6.99. The molecule has 0 amide bonds. The number of hydrogen-bond acceptors (Lipinski definition) is 2.